The monoisotopic (exact) mass is 285 g/mol. The van der Waals surface area contributed by atoms with Crippen molar-refractivity contribution in [1.29, 1.82) is 0 Å². The molecule has 5 heteroatoms. The minimum absolute atomic E-state index is 0.0590. The summed E-state index contributed by atoms with van der Waals surface area (Å²) in [4.78, 5) is 18.0. The fourth-order valence-corrected chi connectivity index (χ4v) is 2.94. The van der Waals surface area contributed by atoms with Gasteiger partial charge in [-0.1, -0.05) is 28.9 Å². The van der Waals surface area contributed by atoms with E-state index >= 15 is 0 Å². The Bertz CT molecular complexity index is 678. The molecule has 0 aliphatic carbocycles. The molecule has 1 aliphatic rings. The summed E-state index contributed by atoms with van der Waals surface area (Å²) in [6.07, 6.45) is 1.86. The van der Waals surface area contributed by atoms with E-state index in [4.69, 9.17) is 4.52 Å². The Morgan fingerprint density at radius 2 is 2.19 bits per heavy atom. The van der Waals surface area contributed by atoms with Gasteiger partial charge in [0.2, 0.25) is 17.6 Å². The highest BCUT2D eigenvalue weighted by atomic mass is 16.5. The first-order valence-corrected chi connectivity index (χ1v) is 7.24. The van der Waals surface area contributed by atoms with Crippen molar-refractivity contribution in [3.63, 3.8) is 0 Å². The van der Waals surface area contributed by atoms with Crippen molar-refractivity contribution >= 4 is 5.91 Å². The molecule has 2 heterocycles. The van der Waals surface area contributed by atoms with E-state index in [1.165, 1.54) is 5.56 Å². The number of benzene rings is 1. The smallest absolute Gasteiger partial charge is 0.249 e. The van der Waals surface area contributed by atoms with Crippen LogP contribution in [0.15, 0.2) is 22.7 Å². The van der Waals surface area contributed by atoms with Crippen molar-refractivity contribution in [1.82, 2.24) is 15.0 Å². The predicted octanol–water partition coefficient (Wildman–Crippen LogP) is 3.04. The molecule has 1 saturated heterocycles. The second-order valence-electron chi connectivity index (χ2n) is 5.65. The lowest BCUT2D eigenvalue weighted by atomic mass is 10.1. The average molecular weight is 285 g/mol. The Morgan fingerprint density at radius 3 is 2.90 bits per heavy atom. The summed E-state index contributed by atoms with van der Waals surface area (Å²) in [5.74, 6) is 1.19. The van der Waals surface area contributed by atoms with Gasteiger partial charge in [-0.05, 0) is 32.3 Å². The number of aromatic nitrogens is 2. The first-order chi connectivity index (χ1) is 10.1. The first kappa shape index (κ1) is 13.8. The number of likely N-dealkylation sites (tertiary alicyclic amines) is 1. The second kappa shape index (κ2) is 5.31. The Balaban J connectivity index is 1.91. The van der Waals surface area contributed by atoms with Gasteiger partial charge in [-0.25, -0.2) is 0 Å². The molecule has 21 heavy (non-hydrogen) atoms. The fourth-order valence-electron chi connectivity index (χ4n) is 2.94. The van der Waals surface area contributed by atoms with Gasteiger partial charge < -0.3 is 9.42 Å². The second-order valence-corrected chi connectivity index (χ2v) is 5.65. The number of carbonyl (C=O) groups excluding carboxylic acids is 1. The van der Waals surface area contributed by atoms with Gasteiger partial charge in [-0.3, -0.25) is 4.79 Å². The van der Waals surface area contributed by atoms with E-state index in [1.54, 1.807) is 11.8 Å². The van der Waals surface area contributed by atoms with Gasteiger partial charge in [0.1, 0.15) is 6.04 Å². The molecule has 1 aromatic heterocycles. The summed E-state index contributed by atoms with van der Waals surface area (Å²) in [6.45, 7) is 6.44. The molecule has 1 aliphatic heterocycles. The number of amides is 1. The molecule has 0 bridgehead atoms. The fraction of sp³-hybridized carbons (Fsp3) is 0.438. The molecule has 0 radical (unpaired) electrons. The van der Waals surface area contributed by atoms with E-state index in [-0.39, 0.29) is 11.9 Å². The summed E-state index contributed by atoms with van der Waals surface area (Å²) in [6, 6.07) is 6.07. The van der Waals surface area contributed by atoms with E-state index in [1.807, 2.05) is 19.1 Å². The van der Waals surface area contributed by atoms with Crippen molar-refractivity contribution in [2.75, 3.05) is 6.54 Å². The normalized spacial score (nSPS) is 18.2. The van der Waals surface area contributed by atoms with E-state index < -0.39 is 0 Å². The van der Waals surface area contributed by atoms with Crippen LogP contribution in [-0.2, 0) is 4.79 Å². The van der Waals surface area contributed by atoms with Crippen LogP contribution in [0.2, 0.25) is 0 Å². The zero-order valence-corrected chi connectivity index (χ0v) is 12.6. The molecule has 0 saturated carbocycles. The molecule has 1 unspecified atom stereocenters. The third-order valence-corrected chi connectivity index (χ3v) is 4.01. The Kier molecular flexibility index (Phi) is 3.49. The minimum atomic E-state index is -0.0745. The molecule has 110 valence electrons. The highest BCUT2D eigenvalue weighted by Crippen LogP contribution is 2.32. The highest BCUT2D eigenvalue weighted by molar-refractivity contribution is 5.74. The first-order valence-electron chi connectivity index (χ1n) is 7.24. The van der Waals surface area contributed by atoms with Crippen LogP contribution in [0.4, 0.5) is 0 Å². The zero-order chi connectivity index (χ0) is 15.0. The molecule has 1 fully saturated rings. The Labute approximate surface area is 124 Å². The molecular formula is C16H19N3O2. The van der Waals surface area contributed by atoms with Crippen LogP contribution in [0, 0.1) is 13.8 Å². The number of rotatable bonds is 2. The standard InChI is InChI=1S/C16H19N3O2/c1-10-6-7-13(11(2)9-10)15-17-16(21-18-15)14-5-4-8-19(14)12(3)20/h6-7,9,14H,4-5,8H2,1-3H3. The predicted molar refractivity (Wildman–Crippen MR) is 78.6 cm³/mol. The van der Waals surface area contributed by atoms with Crippen LogP contribution in [-0.4, -0.2) is 27.5 Å². The number of hydrogen-bond donors (Lipinski definition) is 0. The van der Waals surface area contributed by atoms with Crippen molar-refractivity contribution in [2.45, 2.75) is 39.7 Å². The minimum Gasteiger partial charge on any atom is -0.337 e. The van der Waals surface area contributed by atoms with Crippen molar-refractivity contribution in [2.24, 2.45) is 0 Å². The molecule has 0 spiro atoms. The van der Waals surface area contributed by atoms with E-state index in [0.717, 1.165) is 30.5 Å². The number of hydrogen-bond acceptors (Lipinski definition) is 4. The van der Waals surface area contributed by atoms with Gasteiger partial charge in [0, 0.05) is 19.0 Å². The zero-order valence-electron chi connectivity index (χ0n) is 12.6. The molecule has 0 N–H and O–H groups in total. The van der Waals surface area contributed by atoms with E-state index in [0.29, 0.717) is 11.7 Å². The quantitative estimate of drug-likeness (QED) is 0.851. The van der Waals surface area contributed by atoms with Gasteiger partial charge in [0.25, 0.3) is 0 Å². The van der Waals surface area contributed by atoms with Crippen molar-refractivity contribution in [3.8, 4) is 11.4 Å². The Hall–Kier alpha value is -2.17. The van der Waals surface area contributed by atoms with Crippen LogP contribution in [0.5, 0.6) is 0 Å². The lowest BCUT2D eigenvalue weighted by molar-refractivity contribution is -0.130. The summed E-state index contributed by atoms with van der Waals surface area (Å²) in [7, 11) is 0. The maximum absolute atomic E-state index is 11.6. The molecule has 1 atom stereocenters. The van der Waals surface area contributed by atoms with Crippen molar-refractivity contribution < 1.29 is 9.32 Å². The van der Waals surface area contributed by atoms with Gasteiger partial charge >= 0.3 is 0 Å². The van der Waals surface area contributed by atoms with Gasteiger partial charge in [0.05, 0.1) is 0 Å². The average Bonchev–Trinajstić information content (AvgIpc) is 3.06. The third kappa shape index (κ3) is 2.55. The van der Waals surface area contributed by atoms with Crippen LogP contribution < -0.4 is 0 Å². The molecule has 2 aromatic rings. The number of nitrogens with zero attached hydrogens (tertiary/aromatic N) is 3. The van der Waals surface area contributed by atoms with Crippen molar-refractivity contribution in [3.05, 3.63) is 35.2 Å². The van der Waals surface area contributed by atoms with E-state index in [2.05, 4.69) is 23.1 Å². The molecule has 3 rings (SSSR count). The lowest BCUT2D eigenvalue weighted by Gasteiger charge is -2.19. The van der Waals surface area contributed by atoms with Gasteiger partial charge in [-0.2, -0.15) is 4.98 Å². The third-order valence-electron chi connectivity index (χ3n) is 4.01. The number of aryl methyl sites for hydroxylation is 2. The summed E-state index contributed by atoms with van der Waals surface area (Å²) in [5.41, 5.74) is 3.30. The Morgan fingerprint density at radius 1 is 1.38 bits per heavy atom. The largest absolute Gasteiger partial charge is 0.337 e. The molecule has 1 amide bonds. The SMILES string of the molecule is CC(=O)N1CCCC1c1nc(-c2ccc(C)cc2C)no1. The van der Waals surface area contributed by atoms with Crippen LogP contribution >= 0.6 is 0 Å². The van der Waals surface area contributed by atoms with E-state index in [9.17, 15) is 4.79 Å². The maximum atomic E-state index is 11.6. The summed E-state index contributed by atoms with van der Waals surface area (Å²) >= 11 is 0. The van der Waals surface area contributed by atoms with Crippen LogP contribution in [0.3, 0.4) is 0 Å². The topological polar surface area (TPSA) is 59.2 Å². The highest BCUT2D eigenvalue weighted by Gasteiger charge is 2.32. The maximum Gasteiger partial charge on any atom is 0.249 e. The van der Waals surface area contributed by atoms with Crippen LogP contribution in [0.1, 0.15) is 42.8 Å². The number of carbonyl (C=O) groups is 1. The summed E-state index contributed by atoms with van der Waals surface area (Å²) < 4.78 is 5.41. The van der Waals surface area contributed by atoms with Crippen LogP contribution in [0.25, 0.3) is 11.4 Å². The molecule has 1 aromatic carbocycles. The van der Waals surface area contributed by atoms with Gasteiger partial charge in [0.15, 0.2) is 0 Å². The van der Waals surface area contributed by atoms with Gasteiger partial charge in [-0.15, -0.1) is 0 Å². The lowest BCUT2D eigenvalue weighted by Crippen LogP contribution is -2.28. The summed E-state index contributed by atoms with van der Waals surface area (Å²) in [5, 5.41) is 4.09. The molecular weight excluding hydrogens is 266 g/mol. The molecule has 5 nitrogen and oxygen atoms in total.